The first-order valence-electron chi connectivity index (χ1n) is 8.02. The number of hydrogen-bond donors (Lipinski definition) is 2. The SMILES string of the molecule is CCc1ccc(C(=O)CCC(=O)NC(C)(CO)C2CC2)cc1. The van der Waals surface area contributed by atoms with Gasteiger partial charge in [0.1, 0.15) is 0 Å². The topological polar surface area (TPSA) is 66.4 Å². The Kier molecular flexibility index (Phi) is 5.35. The monoisotopic (exact) mass is 303 g/mol. The second kappa shape index (κ2) is 7.05. The summed E-state index contributed by atoms with van der Waals surface area (Å²) in [6.45, 7) is 3.88. The van der Waals surface area contributed by atoms with Gasteiger partial charge in [0, 0.05) is 18.4 Å². The maximum atomic E-state index is 12.1. The van der Waals surface area contributed by atoms with Gasteiger partial charge in [-0.2, -0.15) is 0 Å². The Morgan fingerprint density at radius 1 is 1.23 bits per heavy atom. The number of aliphatic hydroxyl groups excluding tert-OH is 1. The molecule has 2 N–H and O–H groups in total. The first-order chi connectivity index (χ1) is 10.5. The fourth-order valence-electron chi connectivity index (χ4n) is 2.67. The van der Waals surface area contributed by atoms with Gasteiger partial charge in [-0.1, -0.05) is 31.2 Å². The molecule has 0 bridgehead atoms. The Hall–Kier alpha value is -1.68. The van der Waals surface area contributed by atoms with Gasteiger partial charge in [-0.3, -0.25) is 9.59 Å². The molecule has 0 saturated heterocycles. The van der Waals surface area contributed by atoms with E-state index in [1.165, 1.54) is 5.56 Å². The average molecular weight is 303 g/mol. The maximum Gasteiger partial charge on any atom is 0.220 e. The number of carbonyl (C=O) groups is 2. The minimum Gasteiger partial charge on any atom is -0.394 e. The standard InChI is InChI=1S/C18H25NO3/c1-3-13-4-6-14(7-5-13)16(21)10-11-17(22)19-18(2,12-20)15-8-9-15/h4-7,15,20H,3,8-12H2,1-2H3,(H,19,22). The molecule has 1 atom stereocenters. The van der Waals surface area contributed by atoms with Crippen molar-refractivity contribution in [1.82, 2.24) is 5.32 Å². The molecule has 2 rings (SSSR count). The summed E-state index contributed by atoms with van der Waals surface area (Å²) >= 11 is 0. The van der Waals surface area contributed by atoms with Crippen LogP contribution in [0.1, 0.15) is 55.5 Å². The molecule has 4 nitrogen and oxygen atoms in total. The van der Waals surface area contributed by atoms with E-state index in [0.717, 1.165) is 19.3 Å². The van der Waals surface area contributed by atoms with Crippen molar-refractivity contribution in [2.75, 3.05) is 6.61 Å². The summed E-state index contributed by atoms with van der Waals surface area (Å²) in [5, 5.41) is 12.4. The Labute approximate surface area is 131 Å². The second-order valence-corrected chi connectivity index (χ2v) is 6.37. The van der Waals surface area contributed by atoms with E-state index in [2.05, 4.69) is 12.2 Å². The minimum atomic E-state index is -0.539. The molecule has 0 aromatic heterocycles. The van der Waals surface area contributed by atoms with E-state index in [1.54, 1.807) is 0 Å². The van der Waals surface area contributed by atoms with Crippen molar-refractivity contribution in [2.24, 2.45) is 5.92 Å². The van der Waals surface area contributed by atoms with Gasteiger partial charge in [-0.05, 0) is 37.7 Å². The van der Waals surface area contributed by atoms with E-state index in [4.69, 9.17) is 0 Å². The van der Waals surface area contributed by atoms with Crippen LogP contribution < -0.4 is 5.32 Å². The van der Waals surface area contributed by atoms with Gasteiger partial charge in [0.15, 0.2) is 5.78 Å². The van der Waals surface area contributed by atoms with Gasteiger partial charge < -0.3 is 10.4 Å². The van der Waals surface area contributed by atoms with Crippen LogP contribution in [0.4, 0.5) is 0 Å². The fraction of sp³-hybridized carbons (Fsp3) is 0.556. The summed E-state index contributed by atoms with van der Waals surface area (Å²) < 4.78 is 0. The molecule has 1 aromatic carbocycles. The summed E-state index contributed by atoms with van der Waals surface area (Å²) in [7, 11) is 0. The highest BCUT2D eigenvalue weighted by Crippen LogP contribution is 2.39. The second-order valence-electron chi connectivity index (χ2n) is 6.37. The maximum absolute atomic E-state index is 12.1. The van der Waals surface area contributed by atoms with Crippen LogP contribution in [0.5, 0.6) is 0 Å². The number of ketones is 1. The highest BCUT2D eigenvalue weighted by Gasteiger charge is 2.42. The summed E-state index contributed by atoms with van der Waals surface area (Å²) in [4.78, 5) is 24.1. The van der Waals surface area contributed by atoms with Gasteiger partial charge in [0.05, 0.1) is 12.1 Å². The molecule has 22 heavy (non-hydrogen) atoms. The first kappa shape index (κ1) is 16.7. The molecule has 0 heterocycles. The third-order valence-corrected chi connectivity index (χ3v) is 4.50. The lowest BCUT2D eigenvalue weighted by Gasteiger charge is -2.28. The van der Waals surface area contributed by atoms with E-state index in [0.29, 0.717) is 11.5 Å². The van der Waals surface area contributed by atoms with E-state index in [9.17, 15) is 14.7 Å². The number of aryl methyl sites for hydroxylation is 1. The molecule has 1 fully saturated rings. The van der Waals surface area contributed by atoms with Crippen molar-refractivity contribution in [2.45, 2.75) is 51.5 Å². The van der Waals surface area contributed by atoms with Gasteiger partial charge in [0.25, 0.3) is 0 Å². The van der Waals surface area contributed by atoms with Gasteiger partial charge >= 0.3 is 0 Å². The van der Waals surface area contributed by atoms with Crippen LogP contribution in [0.2, 0.25) is 0 Å². The summed E-state index contributed by atoms with van der Waals surface area (Å²) in [5.74, 6) is 0.177. The number of aliphatic hydroxyl groups is 1. The largest absolute Gasteiger partial charge is 0.394 e. The number of nitrogens with one attached hydrogen (secondary N) is 1. The van der Waals surface area contributed by atoms with Crippen LogP contribution in [0.15, 0.2) is 24.3 Å². The predicted octanol–water partition coefficient (Wildman–Crippen LogP) is 2.49. The van der Waals surface area contributed by atoms with Crippen LogP contribution in [0, 0.1) is 5.92 Å². The normalized spacial score (nSPS) is 16.9. The third kappa shape index (κ3) is 4.17. The summed E-state index contributed by atoms with van der Waals surface area (Å²) in [6.07, 6.45) is 3.39. The quantitative estimate of drug-likeness (QED) is 0.725. The Morgan fingerprint density at radius 3 is 2.36 bits per heavy atom. The number of benzene rings is 1. The van der Waals surface area contributed by atoms with E-state index >= 15 is 0 Å². The Balaban J connectivity index is 1.83. The first-order valence-corrected chi connectivity index (χ1v) is 8.02. The fourth-order valence-corrected chi connectivity index (χ4v) is 2.67. The molecular formula is C18H25NO3. The number of hydrogen-bond acceptors (Lipinski definition) is 3. The zero-order valence-electron chi connectivity index (χ0n) is 13.4. The number of rotatable bonds is 8. The van der Waals surface area contributed by atoms with Crippen LogP contribution >= 0.6 is 0 Å². The zero-order chi connectivity index (χ0) is 16.2. The molecule has 1 unspecified atom stereocenters. The lowest BCUT2D eigenvalue weighted by molar-refractivity contribution is -0.123. The number of amides is 1. The molecule has 4 heteroatoms. The van der Waals surface area contributed by atoms with Gasteiger partial charge in [-0.15, -0.1) is 0 Å². The number of Topliss-reactive ketones (excluding diaryl/α,β-unsaturated/α-hetero) is 1. The summed E-state index contributed by atoms with van der Waals surface area (Å²) in [5.41, 5.74) is 1.30. The lowest BCUT2D eigenvalue weighted by Crippen LogP contribution is -2.50. The molecule has 0 spiro atoms. The smallest absolute Gasteiger partial charge is 0.220 e. The van der Waals surface area contributed by atoms with Crippen molar-refractivity contribution in [3.8, 4) is 0 Å². The van der Waals surface area contributed by atoms with E-state index < -0.39 is 5.54 Å². The molecule has 1 aromatic rings. The molecule has 1 saturated carbocycles. The Morgan fingerprint density at radius 2 is 1.86 bits per heavy atom. The molecular weight excluding hydrogens is 278 g/mol. The molecule has 0 radical (unpaired) electrons. The van der Waals surface area contributed by atoms with Crippen LogP contribution in [-0.4, -0.2) is 28.9 Å². The van der Waals surface area contributed by atoms with E-state index in [1.807, 2.05) is 31.2 Å². The molecule has 1 amide bonds. The van der Waals surface area contributed by atoms with Crippen molar-refractivity contribution < 1.29 is 14.7 Å². The van der Waals surface area contributed by atoms with Crippen molar-refractivity contribution in [3.63, 3.8) is 0 Å². The Bertz CT molecular complexity index is 534. The predicted molar refractivity (Wildman–Crippen MR) is 85.7 cm³/mol. The van der Waals surface area contributed by atoms with Gasteiger partial charge in [0.2, 0.25) is 5.91 Å². The molecule has 120 valence electrons. The number of carbonyl (C=O) groups excluding carboxylic acids is 2. The van der Waals surface area contributed by atoms with Crippen LogP contribution in [0.25, 0.3) is 0 Å². The highest BCUT2D eigenvalue weighted by atomic mass is 16.3. The van der Waals surface area contributed by atoms with Crippen molar-refractivity contribution >= 4 is 11.7 Å². The highest BCUT2D eigenvalue weighted by molar-refractivity contribution is 5.98. The van der Waals surface area contributed by atoms with Crippen LogP contribution in [-0.2, 0) is 11.2 Å². The van der Waals surface area contributed by atoms with Crippen LogP contribution in [0.3, 0.4) is 0 Å². The average Bonchev–Trinajstić information content (AvgIpc) is 3.38. The molecule has 0 aliphatic heterocycles. The molecule has 1 aliphatic rings. The van der Waals surface area contributed by atoms with Crippen molar-refractivity contribution in [1.29, 1.82) is 0 Å². The minimum absolute atomic E-state index is 0.0186. The third-order valence-electron chi connectivity index (χ3n) is 4.50. The molecule has 1 aliphatic carbocycles. The lowest BCUT2D eigenvalue weighted by atomic mass is 9.96. The van der Waals surface area contributed by atoms with Gasteiger partial charge in [-0.25, -0.2) is 0 Å². The summed E-state index contributed by atoms with van der Waals surface area (Å²) in [6, 6.07) is 7.54. The van der Waals surface area contributed by atoms with E-state index in [-0.39, 0.29) is 31.1 Å². The zero-order valence-corrected chi connectivity index (χ0v) is 13.4. The van der Waals surface area contributed by atoms with Crippen molar-refractivity contribution in [3.05, 3.63) is 35.4 Å².